The predicted molar refractivity (Wildman–Crippen MR) is 64.2 cm³/mol. The Bertz CT molecular complexity index is 244. The van der Waals surface area contributed by atoms with Gasteiger partial charge in [-0.2, -0.15) is 13.2 Å². The highest BCUT2D eigenvalue weighted by Crippen LogP contribution is 2.34. The van der Waals surface area contributed by atoms with Crippen molar-refractivity contribution >= 4 is 0 Å². The lowest BCUT2D eigenvalue weighted by atomic mass is 9.88. The van der Waals surface area contributed by atoms with E-state index in [1.807, 2.05) is 0 Å². The molecule has 1 saturated carbocycles. The fourth-order valence-electron chi connectivity index (χ4n) is 2.42. The molecule has 0 aromatic rings. The summed E-state index contributed by atoms with van der Waals surface area (Å²) in [6.07, 6.45) is -1.07. The quantitative estimate of drug-likeness (QED) is 0.741. The molecule has 1 rings (SSSR count). The molecule has 18 heavy (non-hydrogen) atoms. The summed E-state index contributed by atoms with van der Waals surface area (Å²) in [5, 5.41) is 8.83. The molecule has 0 radical (unpaired) electrons. The van der Waals surface area contributed by atoms with Crippen LogP contribution in [0.5, 0.6) is 0 Å². The van der Waals surface area contributed by atoms with Gasteiger partial charge in [0.1, 0.15) is 6.04 Å². The summed E-state index contributed by atoms with van der Waals surface area (Å²) in [6, 6.07) is -2.51. The van der Waals surface area contributed by atoms with E-state index in [9.17, 15) is 13.2 Å². The lowest BCUT2D eigenvalue weighted by Crippen LogP contribution is -2.60. The van der Waals surface area contributed by atoms with Crippen LogP contribution in [0, 0.1) is 0 Å². The van der Waals surface area contributed by atoms with E-state index < -0.39 is 18.3 Å². The molecule has 0 aromatic heterocycles. The van der Waals surface area contributed by atoms with Crippen molar-refractivity contribution in [3.8, 4) is 0 Å². The van der Waals surface area contributed by atoms with E-state index in [0.717, 1.165) is 19.3 Å². The number of rotatable bonds is 7. The molecule has 3 nitrogen and oxygen atoms in total. The van der Waals surface area contributed by atoms with Crippen LogP contribution in [0.15, 0.2) is 0 Å². The lowest BCUT2D eigenvalue weighted by molar-refractivity contribution is -0.200. The molecule has 2 unspecified atom stereocenters. The van der Waals surface area contributed by atoms with Gasteiger partial charge < -0.3 is 10.8 Å². The molecule has 3 N–H and O–H groups in total. The normalized spacial score (nSPS) is 20.8. The molecule has 1 fully saturated rings. The Morgan fingerprint density at radius 3 is 2.33 bits per heavy atom. The first kappa shape index (κ1) is 15.7. The van der Waals surface area contributed by atoms with Crippen molar-refractivity contribution in [3.63, 3.8) is 0 Å². The Labute approximate surface area is 106 Å². The minimum Gasteiger partial charge on any atom is -0.396 e. The summed E-state index contributed by atoms with van der Waals surface area (Å²) < 4.78 is 39.5. The number of hydrogen-bond acceptors (Lipinski definition) is 3. The summed E-state index contributed by atoms with van der Waals surface area (Å²) in [5.41, 5.74) is 5.67. The van der Waals surface area contributed by atoms with Crippen LogP contribution in [0.4, 0.5) is 13.2 Å². The van der Waals surface area contributed by atoms with Crippen molar-refractivity contribution in [2.24, 2.45) is 5.73 Å². The Morgan fingerprint density at radius 1 is 1.39 bits per heavy atom. The van der Waals surface area contributed by atoms with Gasteiger partial charge in [0.15, 0.2) is 0 Å². The minimum absolute atomic E-state index is 0.0271. The molecule has 6 heteroatoms. The Hall–Kier alpha value is -0.330. The van der Waals surface area contributed by atoms with Gasteiger partial charge in [0.2, 0.25) is 0 Å². The molecule has 1 aliphatic carbocycles. The molecule has 0 saturated heterocycles. The summed E-state index contributed by atoms with van der Waals surface area (Å²) in [7, 11) is 0. The van der Waals surface area contributed by atoms with E-state index in [4.69, 9.17) is 10.8 Å². The summed E-state index contributed by atoms with van der Waals surface area (Å²) in [5.74, 6) is 0. The van der Waals surface area contributed by atoms with Gasteiger partial charge in [0.05, 0.1) is 0 Å². The van der Waals surface area contributed by atoms with E-state index in [1.54, 1.807) is 6.92 Å². The van der Waals surface area contributed by atoms with E-state index in [-0.39, 0.29) is 19.2 Å². The highest BCUT2D eigenvalue weighted by molar-refractivity contribution is 4.93. The molecule has 2 atom stereocenters. The van der Waals surface area contributed by atoms with Gasteiger partial charge >= 0.3 is 6.18 Å². The topological polar surface area (TPSA) is 49.5 Å². The summed E-state index contributed by atoms with van der Waals surface area (Å²) >= 11 is 0. The van der Waals surface area contributed by atoms with Gasteiger partial charge in [-0.3, -0.25) is 4.90 Å². The molecule has 0 spiro atoms. The highest BCUT2D eigenvalue weighted by atomic mass is 19.4. The van der Waals surface area contributed by atoms with Gasteiger partial charge in [-0.25, -0.2) is 0 Å². The maximum absolute atomic E-state index is 13.2. The first-order chi connectivity index (χ1) is 8.41. The lowest BCUT2D eigenvalue weighted by Gasteiger charge is -2.45. The van der Waals surface area contributed by atoms with Crippen LogP contribution in [0.3, 0.4) is 0 Å². The second-order valence-corrected chi connectivity index (χ2v) is 4.96. The van der Waals surface area contributed by atoms with Gasteiger partial charge in [-0.15, -0.1) is 0 Å². The minimum atomic E-state index is -4.31. The predicted octanol–water partition coefficient (Wildman–Crippen LogP) is 1.89. The summed E-state index contributed by atoms with van der Waals surface area (Å²) in [4.78, 5) is 1.47. The van der Waals surface area contributed by atoms with Gasteiger partial charge in [0.25, 0.3) is 0 Å². The van der Waals surface area contributed by atoms with Crippen molar-refractivity contribution in [2.75, 3.05) is 13.2 Å². The number of nitrogens with two attached hydrogens (primary N) is 1. The maximum atomic E-state index is 13.2. The second kappa shape index (κ2) is 6.73. The zero-order valence-corrected chi connectivity index (χ0v) is 10.8. The molecule has 0 bridgehead atoms. The zero-order chi connectivity index (χ0) is 13.8. The number of aliphatic hydroxyl groups excluding tert-OH is 1. The number of halogens is 3. The smallest absolute Gasteiger partial charge is 0.396 e. The first-order valence-electron chi connectivity index (χ1n) is 6.60. The Morgan fingerprint density at radius 2 is 2.00 bits per heavy atom. The van der Waals surface area contributed by atoms with Gasteiger partial charge in [-0.05, 0) is 25.7 Å². The molecular formula is C12H23F3N2O. The average Bonchev–Trinajstić information content (AvgIpc) is 2.21. The first-order valence-corrected chi connectivity index (χ1v) is 6.60. The van der Waals surface area contributed by atoms with Crippen molar-refractivity contribution < 1.29 is 18.3 Å². The number of nitrogens with zero attached hydrogens (tertiary/aromatic N) is 1. The molecule has 0 aliphatic heterocycles. The highest BCUT2D eigenvalue weighted by Gasteiger charge is 2.48. The van der Waals surface area contributed by atoms with Crippen LogP contribution in [-0.2, 0) is 0 Å². The largest absolute Gasteiger partial charge is 0.405 e. The fraction of sp³-hybridized carbons (Fsp3) is 1.00. The third kappa shape index (κ3) is 3.83. The molecule has 1 aliphatic rings. The van der Waals surface area contributed by atoms with Crippen LogP contribution < -0.4 is 5.73 Å². The van der Waals surface area contributed by atoms with Crippen LogP contribution >= 0.6 is 0 Å². The number of alkyl halides is 3. The third-order valence-corrected chi connectivity index (χ3v) is 3.69. The van der Waals surface area contributed by atoms with E-state index in [2.05, 4.69) is 0 Å². The molecule has 108 valence electrons. The standard InChI is InChI=1S/C12H23F3N2O/c1-2-10(16)11(12(13,14)15)17(7-4-8-18)9-5-3-6-9/h9-11,18H,2-8,16H2,1H3. The van der Waals surface area contributed by atoms with Crippen molar-refractivity contribution in [1.29, 1.82) is 0 Å². The second-order valence-electron chi connectivity index (χ2n) is 4.96. The molecule has 0 heterocycles. The summed E-state index contributed by atoms with van der Waals surface area (Å²) in [6.45, 7) is 1.85. The van der Waals surface area contributed by atoms with E-state index in [1.165, 1.54) is 4.90 Å². The zero-order valence-electron chi connectivity index (χ0n) is 10.8. The van der Waals surface area contributed by atoms with Crippen LogP contribution in [0.2, 0.25) is 0 Å². The van der Waals surface area contributed by atoms with Crippen molar-refractivity contribution in [3.05, 3.63) is 0 Å². The molecule has 0 amide bonds. The average molecular weight is 268 g/mol. The van der Waals surface area contributed by atoms with Gasteiger partial charge in [-0.1, -0.05) is 13.3 Å². The van der Waals surface area contributed by atoms with E-state index in [0.29, 0.717) is 12.8 Å². The molecular weight excluding hydrogens is 245 g/mol. The van der Waals surface area contributed by atoms with Crippen LogP contribution in [-0.4, -0.2) is 47.5 Å². The number of hydrogen-bond donors (Lipinski definition) is 2. The van der Waals surface area contributed by atoms with Crippen LogP contribution in [0.25, 0.3) is 0 Å². The van der Waals surface area contributed by atoms with E-state index >= 15 is 0 Å². The maximum Gasteiger partial charge on any atom is 0.405 e. The monoisotopic (exact) mass is 268 g/mol. The van der Waals surface area contributed by atoms with Crippen molar-refractivity contribution in [1.82, 2.24) is 4.90 Å². The van der Waals surface area contributed by atoms with Gasteiger partial charge in [0, 0.05) is 25.2 Å². The Balaban J connectivity index is 2.81. The SMILES string of the molecule is CCC(N)C(N(CCCO)C1CCC1)C(F)(F)F. The number of aliphatic hydroxyl groups is 1. The third-order valence-electron chi connectivity index (χ3n) is 3.69. The van der Waals surface area contributed by atoms with Crippen molar-refractivity contribution in [2.45, 2.75) is 63.3 Å². The molecule has 0 aromatic carbocycles. The fourth-order valence-corrected chi connectivity index (χ4v) is 2.42. The Kier molecular flexibility index (Phi) is 5.88. The van der Waals surface area contributed by atoms with Crippen LogP contribution in [0.1, 0.15) is 39.0 Å².